The lowest BCUT2D eigenvalue weighted by Gasteiger charge is -2.41. The molecule has 0 aromatic carbocycles. The predicted octanol–water partition coefficient (Wildman–Crippen LogP) is 3.47. The first-order valence-electron chi connectivity index (χ1n) is 7.01. The second-order valence-corrected chi connectivity index (χ2v) is 6.18. The van der Waals surface area contributed by atoms with Gasteiger partial charge in [-0.1, -0.05) is 47.0 Å². The van der Waals surface area contributed by atoms with Crippen molar-refractivity contribution in [3.8, 4) is 0 Å². The minimum atomic E-state index is 0.318. The Morgan fingerprint density at radius 2 is 1.75 bits per heavy atom. The van der Waals surface area contributed by atoms with E-state index in [2.05, 4.69) is 33.1 Å². The Bertz CT molecular complexity index is 193. The van der Waals surface area contributed by atoms with Crippen LogP contribution in [0, 0.1) is 17.3 Å². The Balaban J connectivity index is 2.55. The van der Waals surface area contributed by atoms with Gasteiger partial charge in [0.2, 0.25) is 0 Å². The van der Waals surface area contributed by atoms with E-state index in [0.717, 1.165) is 11.8 Å². The molecular formula is C14H30N2. The summed E-state index contributed by atoms with van der Waals surface area (Å²) in [6.45, 7) is 9.26. The van der Waals surface area contributed by atoms with Gasteiger partial charge in [-0.2, -0.15) is 0 Å². The van der Waals surface area contributed by atoms with Crippen LogP contribution >= 0.6 is 0 Å². The van der Waals surface area contributed by atoms with E-state index in [-0.39, 0.29) is 0 Å². The summed E-state index contributed by atoms with van der Waals surface area (Å²) in [5.74, 6) is 7.53. The van der Waals surface area contributed by atoms with Gasteiger partial charge in [-0.3, -0.25) is 11.3 Å². The van der Waals surface area contributed by atoms with Gasteiger partial charge >= 0.3 is 0 Å². The minimum absolute atomic E-state index is 0.318. The van der Waals surface area contributed by atoms with Gasteiger partial charge < -0.3 is 0 Å². The maximum atomic E-state index is 5.78. The van der Waals surface area contributed by atoms with E-state index in [0.29, 0.717) is 11.5 Å². The summed E-state index contributed by atoms with van der Waals surface area (Å²) < 4.78 is 0. The Morgan fingerprint density at radius 3 is 2.12 bits per heavy atom. The first kappa shape index (κ1) is 14.0. The standard InChI is InChI=1S/C14H30N2/c1-5-11-7-9-12(10-8-11)13(16-15)14(3,4)6-2/h11-13,16H,5-10,15H2,1-4H3. The van der Waals surface area contributed by atoms with Gasteiger partial charge in [-0.05, 0) is 36.5 Å². The van der Waals surface area contributed by atoms with Crippen LogP contribution in [-0.4, -0.2) is 6.04 Å². The molecule has 0 aliphatic heterocycles. The normalized spacial score (nSPS) is 29.1. The van der Waals surface area contributed by atoms with E-state index in [4.69, 9.17) is 5.84 Å². The molecule has 1 unspecified atom stereocenters. The molecule has 0 aromatic heterocycles. The number of hydrazine groups is 1. The Hall–Kier alpha value is -0.0800. The SMILES string of the molecule is CCC1CCC(C(NN)C(C)(C)CC)CC1. The summed E-state index contributed by atoms with van der Waals surface area (Å²) >= 11 is 0. The Kier molecular flexibility index (Phi) is 5.26. The van der Waals surface area contributed by atoms with E-state index in [1.807, 2.05) is 0 Å². The molecule has 1 aliphatic rings. The highest BCUT2D eigenvalue weighted by molar-refractivity contribution is 4.89. The fourth-order valence-electron chi connectivity index (χ4n) is 3.15. The molecule has 0 radical (unpaired) electrons. The molecule has 3 N–H and O–H groups in total. The van der Waals surface area contributed by atoms with Crippen molar-refractivity contribution in [2.75, 3.05) is 0 Å². The van der Waals surface area contributed by atoms with Crippen molar-refractivity contribution in [1.29, 1.82) is 0 Å². The smallest absolute Gasteiger partial charge is 0.0289 e. The summed E-state index contributed by atoms with van der Waals surface area (Å²) in [5.41, 5.74) is 3.41. The van der Waals surface area contributed by atoms with Crippen molar-refractivity contribution in [3.05, 3.63) is 0 Å². The zero-order valence-electron chi connectivity index (χ0n) is 11.6. The molecule has 0 heterocycles. The first-order valence-corrected chi connectivity index (χ1v) is 7.01. The van der Waals surface area contributed by atoms with Crippen LogP contribution in [0.5, 0.6) is 0 Å². The van der Waals surface area contributed by atoms with E-state index in [1.165, 1.54) is 38.5 Å². The van der Waals surface area contributed by atoms with Crippen LogP contribution < -0.4 is 11.3 Å². The van der Waals surface area contributed by atoms with Crippen molar-refractivity contribution in [1.82, 2.24) is 5.43 Å². The van der Waals surface area contributed by atoms with Gasteiger partial charge in [-0.25, -0.2) is 0 Å². The number of hydrogen-bond donors (Lipinski definition) is 2. The highest BCUT2D eigenvalue weighted by Gasteiger charge is 2.35. The lowest BCUT2D eigenvalue weighted by molar-refractivity contribution is 0.122. The molecule has 1 aliphatic carbocycles. The average Bonchev–Trinajstić information content (AvgIpc) is 2.30. The molecule has 2 nitrogen and oxygen atoms in total. The molecule has 1 saturated carbocycles. The first-order chi connectivity index (χ1) is 7.55. The lowest BCUT2D eigenvalue weighted by Crippen LogP contribution is -2.51. The number of rotatable bonds is 5. The lowest BCUT2D eigenvalue weighted by atomic mass is 9.69. The second kappa shape index (κ2) is 6.02. The summed E-state index contributed by atoms with van der Waals surface area (Å²) in [6.07, 6.45) is 8.06. The number of nitrogens with two attached hydrogens (primary N) is 1. The van der Waals surface area contributed by atoms with E-state index >= 15 is 0 Å². The molecule has 0 bridgehead atoms. The topological polar surface area (TPSA) is 38.0 Å². The van der Waals surface area contributed by atoms with E-state index in [9.17, 15) is 0 Å². The van der Waals surface area contributed by atoms with Crippen molar-refractivity contribution in [2.45, 2.75) is 72.3 Å². The molecule has 0 aromatic rings. The molecule has 2 heteroatoms. The van der Waals surface area contributed by atoms with Crippen LogP contribution in [0.25, 0.3) is 0 Å². The molecule has 96 valence electrons. The Morgan fingerprint density at radius 1 is 1.19 bits per heavy atom. The van der Waals surface area contributed by atoms with E-state index < -0.39 is 0 Å². The van der Waals surface area contributed by atoms with Gasteiger partial charge in [0.1, 0.15) is 0 Å². The monoisotopic (exact) mass is 226 g/mol. The van der Waals surface area contributed by atoms with Gasteiger partial charge in [0, 0.05) is 6.04 Å². The number of nitrogens with one attached hydrogen (secondary N) is 1. The van der Waals surface area contributed by atoms with Crippen molar-refractivity contribution < 1.29 is 0 Å². The van der Waals surface area contributed by atoms with Crippen LogP contribution in [-0.2, 0) is 0 Å². The summed E-state index contributed by atoms with van der Waals surface area (Å²) in [4.78, 5) is 0. The fourth-order valence-corrected chi connectivity index (χ4v) is 3.15. The minimum Gasteiger partial charge on any atom is -0.271 e. The zero-order chi connectivity index (χ0) is 12.2. The van der Waals surface area contributed by atoms with Gasteiger partial charge in [-0.15, -0.1) is 0 Å². The third kappa shape index (κ3) is 3.21. The summed E-state index contributed by atoms with van der Waals surface area (Å²) in [6, 6.07) is 0.482. The predicted molar refractivity (Wildman–Crippen MR) is 70.9 cm³/mol. The molecule has 1 rings (SSSR count). The van der Waals surface area contributed by atoms with Crippen LogP contribution in [0.2, 0.25) is 0 Å². The second-order valence-electron chi connectivity index (χ2n) is 6.18. The molecule has 0 spiro atoms. The highest BCUT2D eigenvalue weighted by Crippen LogP contribution is 2.38. The average molecular weight is 226 g/mol. The highest BCUT2D eigenvalue weighted by atomic mass is 15.2. The zero-order valence-corrected chi connectivity index (χ0v) is 11.6. The van der Waals surface area contributed by atoms with E-state index in [1.54, 1.807) is 0 Å². The molecule has 16 heavy (non-hydrogen) atoms. The molecule has 0 amide bonds. The van der Waals surface area contributed by atoms with Crippen molar-refractivity contribution in [2.24, 2.45) is 23.1 Å². The number of hydrogen-bond acceptors (Lipinski definition) is 2. The van der Waals surface area contributed by atoms with Crippen molar-refractivity contribution in [3.63, 3.8) is 0 Å². The third-order valence-electron chi connectivity index (χ3n) is 4.87. The van der Waals surface area contributed by atoms with Crippen LogP contribution in [0.3, 0.4) is 0 Å². The van der Waals surface area contributed by atoms with Gasteiger partial charge in [0.25, 0.3) is 0 Å². The summed E-state index contributed by atoms with van der Waals surface area (Å²) in [5, 5.41) is 0. The largest absolute Gasteiger partial charge is 0.271 e. The molecule has 1 atom stereocenters. The van der Waals surface area contributed by atoms with Crippen LogP contribution in [0.4, 0.5) is 0 Å². The van der Waals surface area contributed by atoms with Gasteiger partial charge in [0.05, 0.1) is 0 Å². The maximum Gasteiger partial charge on any atom is 0.0289 e. The quantitative estimate of drug-likeness (QED) is 0.556. The molecular weight excluding hydrogens is 196 g/mol. The molecule has 1 fully saturated rings. The van der Waals surface area contributed by atoms with Gasteiger partial charge in [0.15, 0.2) is 0 Å². The Labute approximate surface area is 101 Å². The maximum absolute atomic E-state index is 5.78. The third-order valence-corrected chi connectivity index (χ3v) is 4.87. The molecule has 0 saturated heterocycles. The fraction of sp³-hybridized carbons (Fsp3) is 1.00. The summed E-state index contributed by atoms with van der Waals surface area (Å²) in [7, 11) is 0. The van der Waals surface area contributed by atoms with Crippen molar-refractivity contribution >= 4 is 0 Å². The van der Waals surface area contributed by atoms with Crippen LogP contribution in [0.15, 0.2) is 0 Å². The van der Waals surface area contributed by atoms with Crippen LogP contribution in [0.1, 0.15) is 66.2 Å².